The highest BCUT2D eigenvalue weighted by Crippen LogP contribution is 2.10. The third kappa shape index (κ3) is 2.44. The highest BCUT2D eigenvalue weighted by atomic mass is 19.1. The van der Waals surface area contributed by atoms with E-state index < -0.39 is 0 Å². The van der Waals surface area contributed by atoms with Gasteiger partial charge in [-0.25, -0.2) is 14.4 Å². The molecule has 0 atom stereocenters. The monoisotopic (exact) mass is 218 g/mol. The molecule has 5 heteroatoms. The van der Waals surface area contributed by atoms with E-state index in [4.69, 9.17) is 5.73 Å². The molecule has 0 saturated heterocycles. The number of benzene rings is 1. The van der Waals surface area contributed by atoms with Crippen molar-refractivity contribution in [2.45, 2.75) is 6.54 Å². The van der Waals surface area contributed by atoms with Crippen molar-refractivity contribution in [1.82, 2.24) is 9.97 Å². The highest BCUT2D eigenvalue weighted by Gasteiger charge is 2.00. The molecule has 1 aromatic carbocycles. The average molecular weight is 218 g/mol. The quantitative estimate of drug-likeness (QED) is 0.824. The molecule has 0 amide bonds. The van der Waals surface area contributed by atoms with Gasteiger partial charge in [-0.1, -0.05) is 18.2 Å². The maximum absolute atomic E-state index is 13.3. The van der Waals surface area contributed by atoms with Gasteiger partial charge in [-0.3, -0.25) is 0 Å². The summed E-state index contributed by atoms with van der Waals surface area (Å²) in [6, 6.07) is 8.18. The standard InChI is InChI=1S/C11H11FN4/c12-9-4-2-1-3-8(9)6-14-11-5-10(13)15-7-16-11/h1-5,7H,6H2,(H3,13,14,15,16). The van der Waals surface area contributed by atoms with Gasteiger partial charge in [-0.05, 0) is 6.07 Å². The zero-order valence-electron chi connectivity index (χ0n) is 8.52. The molecule has 2 aromatic rings. The predicted molar refractivity (Wildman–Crippen MR) is 60.2 cm³/mol. The van der Waals surface area contributed by atoms with E-state index in [-0.39, 0.29) is 5.82 Å². The number of halogens is 1. The number of hydrogen-bond acceptors (Lipinski definition) is 4. The van der Waals surface area contributed by atoms with Gasteiger partial charge in [0.25, 0.3) is 0 Å². The summed E-state index contributed by atoms with van der Waals surface area (Å²) in [6.45, 7) is 0.364. The number of anilines is 2. The van der Waals surface area contributed by atoms with E-state index in [1.54, 1.807) is 24.3 Å². The van der Waals surface area contributed by atoms with E-state index in [0.717, 1.165) is 0 Å². The van der Waals surface area contributed by atoms with Crippen molar-refractivity contribution in [2.24, 2.45) is 0 Å². The summed E-state index contributed by atoms with van der Waals surface area (Å²) in [5.74, 6) is 0.721. The Morgan fingerprint density at radius 3 is 2.81 bits per heavy atom. The Labute approximate surface area is 92.3 Å². The molecule has 4 nitrogen and oxygen atoms in total. The highest BCUT2D eigenvalue weighted by molar-refractivity contribution is 5.43. The minimum atomic E-state index is -0.239. The van der Waals surface area contributed by atoms with E-state index in [0.29, 0.717) is 23.7 Å². The van der Waals surface area contributed by atoms with Gasteiger partial charge >= 0.3 is 0 Å². The van der Waals surface area contributed by atoms with Gasteiger partial charge in [0.05, 0.1) is 0 Å². The van der Waals surface area contributed by atoms with E-state index in [2.05, 4.69) is 15.3 Å². The van der Waals surface area contributed by atoms with Crippen LogP contribution in [0.25, 0.3) is 0 Å². The first-order valence-electron chi connectivity index (χ1n) is 4.80. The molecule has 2 rings (SSSR count). The molecule has 82 valence electrons. The largest absolute Gasteiger partial charge is 0.384 e. The molecule has 0 aliphatic carbocycles. The maximum Gasteiger partial charge on any atom is 0.131 e. The van der Waals surface area contributed by atoms with Crippen LogP contribution in [0.1, 0.15) is 5.56 Å². The van der Waals surface area contributed by atoms with Gasteiger partial charge in [0.15, 0.2) is 0 Å². The summed E-state index contributed by atoms with van der Waals surface area (Å²) < 4.78 is 13.3. The van der Waals surface area contributed by atoms with Gasteiger partial charge in [0.1, 0.15) is 23.8 Å². The van der Waals surface area contributed by atoms with Gasteiger partial charge in [0.2, 0.25) is 0 Å². The van der Waals surface area contributed by atoms with Crippen molar-refractivity contribution in [2.75, 3.05) is 11.1 Å². The smallest absolute Gasteiger partial charge is 0.131 e. The molecule has 3 N–H and O–H groups in total. The minimum absolute atomic E-state index is 0.239. The Kier molecular flexibility index (Phi) is 2.95. The van der Waals surface area contributed by atoms with Gasteiger partial charge < -0.3 is 11.1 Å². The SMILES string of the molecule is Nc1cc(NCc2ccccc2F)ncn1. The fourth-order valence-electron chi connectivity index (χ4n) is 1.30. The van der Waals surface area contributed by atoms with Crippen molar-refractivity contribution in [3.05, 3.63) is 48.0 Å². The molecule has 0 bridgehead atoms. The lowest BCUT2D eigenvalue weighted by atomic mass is 10.2. The first-order chi connectivity index (χ1) is 7.75. The molecule has 0 spiro atoms. The number of nitrogens with one attached hydrogen (secondary N) is 1. The predicted octanol–water partition coefficient (Wildman–Crippen LogP) is 1.81. The fourth-order valence-corrected chi connectivity index (χ4v) is 1.30. The second kappa shape index (κ2) is 4.57. The first kappa shape index (κ1) is 10.4. The second-order valence-corrected chi connectivity index (χ2v) is 3.27. The van der Waals surface area contributed by atoms with E-state index in [1.165, 1.54) is 12.4 Å². The molecule has 0 aliphatic rings. The molecule has 1 heterocycles. The van der Waals surface area contributed by atoms with Gasteiger partial charge in [-0.15, -0.1) is 0 Å². The third-order valence-corrected chi connectivity index (χ3v) is 2.11. The summed E-state index contributed by atoms with van der Waals surface area (Å²) in [4.78, 5) is 7.72. The number of rotatable bonds is 3. The Morgan fingerprint density at radius 1 is 1.25 bits per heavy atom. The molecule has 1 aromatic heterocycles. The third-order valence-electron chi connectivity index (χ3n) is 2.11. The molecule has 0 aliphatic heterocycles. The van der Waals surface area contributed by atoms with Crippen LogP contribution in [0.3, 0.4) is 0 Å². The Balaban J connectivity index is 2.05. The van der Waals surface area contributed by atoms with Crippen LogP contribution in [0.2, 0.25) is 0 Å². The molecule has 0 fully saturated rings. The average Bonchev–Trinajstić information content (AvgIpc) is 2.28. The second-order valence-electron chi connectivity index (χ2n) is 3.27. The van der Waals surface area contributed by atoms with E-state index >= 15 is 0 Å². The number of nitrogen functional groups attached to an aromatic ring is 1. The van der Waals surface area contributed by atoms with Crippen LogP contribution in [0, 0.1) is 5.82 Å². The van der Waals surface area contributed by atoms with Gasteiger partial charge in [0, 0.05) is 18.2 Å². The van der Waals surface area contributed by atoms with Crippen LogP contribution in [0.4, 0.5) is 16.0 Å². The first-order valence-corrected chi connectivity index (χ1v) is 4.80. The van der Waals surface area contributed by atoms with E-state index in [1.807, 2.05) is 0 Å². The van der Waals surface area contributed by atoms with Crippen molar-refractivity contribution in [3.63, 3.8) is 0 Å². The number of nitrogens with zero attached hydrogens (tertiary/aromatic N) is 2. The number of nitrogens with two attached hydrogens (primary N) is 1. The fraction of sp³-hybridized carbons (Fsp3) is 0.0909. The van der Waals surface area contributed by atoms with Crippen LogP contribution in [0.15, 0.2) is 36.7 Å². The zero-order valence-corrected chi connectivity index (χ0v) is 8.52. The topological polar surface area (TPSA) is 63.8 Å². The van der Waals surface area contributed by atoms with Crippen LogP contribution in [0.5, 0.6) is 0 Å². The van der Waals surface area contributed by atoms with Crippen LogP contribution < -0.4 is 11.1 Å². The zero-order chi connectivity index (χ0) is 11.4. The minimum Gasteiger partial charge on any atom is -0.384 e. The van der Waals surface area contributed by atoms with Crippen LogP contribution in [-0.2, 0) is 6.54 Å². The molecular weight excluding hydrogens is 207 g/mol. The normalized spacial score (nSPS) is 10.1. The number of hydrogen-bond donors (Lipinski definition) is 2. The Bertz CT molecular complexity index is 487. The summed E-state index contributed by atoms with van der Waals surface area (Å²) in [6.07, 6.45) is 1.36. The lowest BCUT2D eigenvalue weighted by Gasteiger charge is -2.06. The molecular formula is C11H11FN4. The van der Waals surface area contributed by atoms with Gasteiger partial charge in [-0.2, -0.15) is 0 Å². The van der Waals surface area contributed by atoms with E-state index in [9.17, 15) is 4.39 Å². The molecule has 0 radical (unpaired) electrons. The summed E-state index contributed by atoms with van der Waals surface area (Å²) in [5, 5.41) is 2.97. The van der Waals surface area contributed by atoms with Crippen molar-refractivity contribution in [1.29, 1.82) is 0 Å². The molecule has 0 unspecified atom stereocenters. The molecule has 0 saturated carbocycles. The number of aromatic nitrogens is 2. The summed E-state index contributed by atoms with van der Waals surface area (Å²) in [7, 11) is 0. The molecule has 16 heavy (non-hydrogen) atoms. The van der Waals surface area contributed by atoms with Crippen molar-refractivity contribution in [3.8, 4) is 0 Å². The van der Waals surface area contributed by atoms with Crippen LogP contribution in [-0.4, -0.2) is 9.97 Å². The van der Waals surface area contributed by atoms with Crippen molar-refractivity contribution >= 4 is 11.6 Å². The lowest BCUT2D eigenvalue weighted by molar-refractivity contribution is 0.613. The van der Waals surface area contributed by atoms with Crippen molar-refractivity contribution < 1.29 is 4.39 Å². The Hall–Kier alpha value is -2.17. The lowest BCUT2D eigenvalue weighted by Crippen LogP contribution is -2.04. The van der Waals surface area contributed by atoms with Crippen LogP contribution >= 0.6 is 0 Å². The summed E-state index contributed by atoms with van der Waals surface area (Å²) in [5.41, 5.74) is 6.08. The Morgan fingerprint density at radius 2 is 2.06 bits per heavy atom. The summed E-state index contributed by atoms with van der Waals surface area (Å²) >= 11 is 0. The maximum atomic E-state index is 13.3.